The quantitative estimate of drug-likeness (QED) is 0.342. The molecular weight excluding hydrogens is 192 g/mol. The van der Waals surface area contributed by atoms with Crippen LogP contribution < -0.4 is 0 Å². The predicted molar refractivity (Wildman–Crippen MR) is 44.4 cm³/mol. The zero-order valence-corrected chi connectivity index (χ0v) is 6.93. The molecule has 0 aliphatic rings. The Balaban J connectivity index is 3.25. The zero-order valence-electron chi connectivity index (χ0n) is 6.93. The molecule has 0 saturated heterocycles. The van der Waals surface area contributed by atoms with E-state index in [9.17, 15) is 4.79 Å². The smallest absolute Gasteiger partial charge is 0.307 e. The number of aliphatic carboxylic acids is 1. The molecule has 0 unspecified atom stereocenters. The largest absolute Gasteiger partial charge is 0.504 e. The van der Waals surface area contributed by atoms with E-state index in [0.29, 0.717) is 0 Å². The van der Waals surface area contributed by atoms with Gasteiger partial charge in [-0.15, -0.1) is 0 Å². The topological polar surface area (TPSA) is 118 Å². The number of phenols is 4. The van der Waals surface area contributed by atoms with Crippen molar-refractivity contribution in [2.24, 2.45) is 0 Å². The highest BCUT2D eigenvalue weighted by Crippen LogP contribution is 2.43. The molecule has 0 aliphatic carbocycles. The molecule has 14 heavy (non-hydrogen) atoms. The van der Waals surface area contributed by atoms with Crippen molar-refractivity contribution in [1.29, 1.82) is 0 Å². The van der Waals surface area contributed by atoms with Crippen LogP contribution in [-0.4, -0.2) is 31.5 Å². The van der Waals surface area contributed by atoms with E-state index >= 15 is 0 Å². The van der Waals surface area contributed by atoms with Gasteiger partial charge in [-0.05, 0) is 6.07 Å². The molecule has 0 fully saturated rings. The fraction of sp³-hybridized carbons (Fsp3) is 0.125. The third-order valence-electron chi connectivity index (χ3n) is 1.65. The van der Waals surface area contributed by atoms with Crippen LogP contribution in [0, 0.1) is 0 Å². The Hall–Kier alpha value is -2.11. The lowest BCUT2D eigenvalue weighted by Crippen LogP contribution is -2.00. The molecule has 6 nitrogen and oxygen atoms in total. The van der Waals surface area contributed by atoms with Gasteiger partial charge in [-0.3, -0.25) is 4.79 Å². The van der Waals surface area contributed by atoms with E-state index in [-0.39, 0.29) is 5.56 Å². The number of hydrogen-bond donors (Lipinski definition) is 5. The Morgan fingerprint density at radius 1 is 1.07 bits per heavy atom. The van der Waals surface area contributed by atoms with Crippen molar-refractivity contribution >= 4 is 5.97 Å². The maximum Gasteiger partial charge on any atom is 0.307 e. The molecule has 0 spiro atoms. The minimum absolute atomic E-state index is 0.176. The second-order valence-corrected chi connectivity index (χ2v) is 2.67. The monoisotopic (exact) mass is 200 g/mol. The van der Waals surface area contributed by atoms with Gasteiger partial charge in [0, 0.05) is 5.56 Å². The van der Waals surface area contributed by atoms with E-state index < -0.39 is 35.4 Å². The standard InChI is InChI=1S/C8H8O6/c9-4-1-3(2-5(10)11)6(12)8(14)7(4)13/h1,9,12-14H,2H2,(H,10,11). The Morgan fingerprint density at radius 3 is 2.14 bits per heavy atom. The van der Waals surface area contributed by atoms with Gasteiger partial charge in [0.15, 0.2) is 11.5 Å². The number of carbonyl (C=O) groups is 1. The van der Waals surface area contributed by atoms with Crippen LogP contribution in [-0.2, 0) is 11.2 Å². The highest BCUT2D eigenvalue weighted by Gasteiger charge is 2.17. The minimum Gasteiger partial charge on any atom is -0.504 e. The van der Waals surface area contributed by atoms with Crippen molar-refractivity contribution in [2.75, 3.05) is 0 Å². The van der Waals surface area contributed by atoms with Crippen LogP contribution in [0.15, 0.2) is 6.07 Å². The van der Waals surface area contributed by atoms with Gasteiger partial charge < -0.3 is 25.5 Å². The second kappa shape index (κ2) is 3.33. The summed E-state index contributed by atoms with van der Waals surface area (Å²) in [7, 11) is 0. The highest BCUT2D eigenvalue weighted by molar-refractivity contribution is 5.73. The average Bonchev–Trinajstić information content (AvgIpc) is 2.10. The summed E-state index contributed by atoms with van der Waals surface area (Å²) in [6.07, 6.45) is -0.562. The van der Waals surface area contributed by atoms with Gasteiger partial charge in [0.25, 0.3) is 0 Å². The number of benzene rings is 1. The summed E-state index contributed by atoms with van der Waals surface area (Å²) in [4.78, 5) is 10.3. The molecule has 76 valence electrons. The van der Waals surface area contributed by atoms with Crippen molar-refractivity contribution in [1.82, 2.24) is 0 Å². The molecule has 1 aromatic rings. The lowest BCUT2D eigenvalue weighted by Gasteiger charge is -2.07. The number of carboxylic acid groups (broad SMARTS) is 1. The van der Waals surface area contributed by atoms with Crippen LogP contribution in [0.5, 0.6) is 23.0 Å². The SMILES string of the molecule is O=C(O)Cc1cc(O)c(O)c(O)c1O. The Bertz CT molecular complexity index is 384. The first-order valence-electron chi connectivity index (χ1n) is 3.61. The number of phenolic OH excluding ortho intramolecular Hbond substituents is 4. The summed E-state index contributed by atoms with van der Waals surface area (Å²) >= 11 is 0. The normalized spacial score (nSPS) is 10.0. The molecule has 1 aromatic carbocycles. The van der Waals surface area contributed by atoms with E-state index in [0.717, 1.165) is 6.07 Å². The van der Waals surface area contributed by atoms with Crippen LogP contribution in [0.3, 0.4) is 0 Å². The molecule has 0 atom stereocenters. The molecule has 1 rings (SSSR count). The van der Waals surface area contributed by atoms with Gasteiger partial charge in [0.05, 0.1) is 6.42 Å². The van der Waals surface area contributed by atoms with Crippen molar-refractivity contribution in [2.45, 2.75) is 6.42 Å². The summed E-state index contributed by atoms with van der Waals surface area (Å²) in [6.45, 7) is 0. The maximum atomic E-state index is 10.3. The molecule has 0 aliphatic heterocycles. The first-order valence-corrected chi connectivity index (χ1v) is 3.61. The van der Waals surface area contributed by atoms with E-state index in [1.807, 2.05) is 0 Å². The summed E-state index contributed by atoms with van der Waals surface area (Å²) in [6, 6.07) is 0.874. The van der Waals surface area contributed by atoms with E-state index in [1.54, 1.807) is 0 Å². The number of rotatable bonds is 2. The molecule has 0 heterocycles. The summed E-state index contributed by atoms with van der Waals surface area (Å²) in [5.74, 6) is -4.47. The molecular formula is C8H8O6. The fourth-order valence-electron chi connectivity index (χ4n) is 0.985. The van der Waals surface area contributed by atoms with Crippen LogP contribution >= 0.6 is 0 Å². The van der Waals surface area contributed by atoms with E-state index in [4.69, 9.17) is 25.5 Å². The molecule has 0 saturated carbocycles. The van der Waals surface area contributed by atoms with Crippen LogP contribution in [0.25, 0.3) is 0 Å². The Morgan fingerprint density at radius 2 is 1.64 bits per heavy atom. The molecule has 0 radical (unpaired) electrons. The molecule has 5 N–H and O–H groups in total. The number of aromatic hydroxyl groups is 4. The van der Waals surface area contributed by atoms with Crippen LogP contribution in [0.2, 0.25) is 0 Å². The predicted octanol–water partition coefficient (Wildman–Crippen LogP) is 0.136. The van der Waals surface area contributed by atoms with Gasteiger partial charge in [-0.1, -0.05) is 0 Å². The van der Waals surface area contributed by atoms with Gasteiger partial charge in [-0.2, -0.15) is 0 Å². The summed E-state index contributed by atoms with van der Waals surface area (Å²) in [5, 5.41) is 44.5. The third-order valence-corrected chi connectivity index (χ3v) is 1.65. The highest BCUT2D eigenvalue weighted by atomic mass is 16.4. The lowest BCUT2D eigenvalue weighted by atomic mass is 10.1. The van der Waals surface area contributed by atoms with Crippen molar-refractivity contribution in [3.8, 4) is 23.0 Å². The van der Waals surface area contributed by atoms with Gasteiger partial charge >= 0.3 is 5.97 Å². The van der Waals surface area contributed by atoms with E-state index in [2.05, 4.69) is 0 Å². The average molecular weight is 200 g/mol. The fourth-order valence-corrected chi connectivity index (χ4v) is 0.985. The molecule has 0 bridgehead atoms. The first kappa shape index (κ1) is 9.97. The first-order chi connectivity index (χ1) is 6.43. The molecule has 0 amide bonds. The van der Waals surface area contributed by atoms with Gasteiger partial charge in [-0.25, -0.2) is 0 Å². The Kier molecular flexibility index (Phi) is 2.37. The van der Waals surface area contributed by atoms with Gasteiger partial charge in [0.2, 0.25) is 11.5 Å². The lowest BCUT2D eigenvalue weighted by molar-refractivity contribution is -0.136. The van der Waals surface area contributed by atoms with Crippen LogP contribution in [0.1, 0.15) is 5.56 Å². The van der Waals surface area contributed by atoms with E-state index in [1.165, 1.54) is 0 Å². The molecule has 6 heteroatoms. The number of carboxylic acids is 1. The summed E-state index contributed by atoms with van der Waals surface area (Å²) in [5.41, 5.74) is -0.176. The maximum absolute atomic E-state index is 10.3. The van der Waals surface area contributed by atoms with Crippen molar-refractivity contribution in [3.05, 3.63) is 11.6 Å². The minimum atomic E-state index is -1.23. The third kappa shape index (κ3) is 1.63. The number of hydrogen-bond acceptors (Lipinski definition) is 5. The van der Waals surface area contributed by atoms with Gasteiger partial charge in [0.1, 0.15) is 0 Å². The van der Waals surface area contributed by atoms with Crippen molar-refractivity contribution in [3.63, 3.8) is 0 Å². The molecule has 0 aromatic heterocycles. The zero-order chi connectivity index (χ0) is 10.9. The summed E-state index contributed by atoms with van der Waals surface area (Å²) < 4.78 is 0. The second-order valence-electron chi connectivity index (χ2n) is 2.67. The van der Waals surface area contributed by atoms with Crippen molar-refractivity contribution < 1.29 is 30.3 Å². The Labute approximate surface area is 78.3 Å². The van der Waals surface area contributed by atoms with Crippen LogP contribution in [0.4, 0.5) is 0 Å².